The molecule has 156 valence electrons. The molecule has 0 bridgehead atoms. The number of ketones is 1. The highest BCUT2D eigenvalue weighted by molar-refractivity contribution is 6.00. The standard InChI is InChI=1S/C21H27N3O5/c1-11-15-9-22-19(23-16-5-6-29-10-18(16)27)8-17(15)24(13-3-4-14(26)7-13)21(28)20(11)12(2)25/h8-9,13-14,16,18,26-27H,3-7,10H2,1-2H3,(H,22,23)/t13-,14?,16-,18-/m1/s1. The van der Waals surface area contributed by atoms with Gasteiger partial charge in [-0.2, -0.15) is 0 Å². The molecular formula is C21H27N3O5. The molecule has 29 heavy (non-hydrogen) atoms. The number of ether oxygens (including phenoxy) is 1. The summed E-state index contributed by atoms with van der Waals surface area (Å²) in [7, 11) is 0. The van der Waals surface area contributed by atoms with Crippen LogP contribution < -0.4 is 10.9 Å². The van der Waals surface area contributed by atoms with Crippen LogP contribution in [0.15, 0.2) is 17.1 Å². The third-order valence-electron chi connectivity index (χ3n) is 6.11. The maximum atomic E-state index is 13.3. The Morgan fingerprint density at radius 3 is 2.76 bits per heavy atom. The lowest BCUT2D eigenvalue weighted by atomic mass is 10.0. The van der Waals surface area contributed by atoms with E-state index in [1.54, 1.807) is 23.8 Å². The van der Waals surface area contributed by atoms with E-state index in [9.17, 15) is 19.8 Å². The van der Waals surface area contributed by atoms with Crippen LogP contribution in [0.3, 0.4) is 0 Å². The van der Waals surface area contributed by atoms with Crippen LogP contribution in [-0.4, -0.2) is 57.0 Å². The van der Waals surface area contributed by atoms with Gasteiger partial charge in [-0.15, -0.1) is 0 Å². The van der Waals surface area contributed by atoms with Gasteiger partial charge in [0.15, 0.2) is 5.78 Å². The summed E-state index contributed by atoms with van der Waals surface area (Å²) in [6.45, 7) is 4.01. The summed E-state index contributed by atoms with van der Waals surface area (Å²) in [5.74, 6) is 0.291. The second-order valence-electron chi connectivity index (χ2n) is 8.12. The molecule has 0 spiro atoms. The van der Waals surface area contributed by atoms with Crippen LogP contribution >= 0.6 is 0 Å². The van der Waals surface area contributed by atoms with Crippen LogP contribution in [0.1, 0.15) is 54.6 Å². The van der Waals surface area contributed by atoms with Crippen molar-refractivity contribution in [3.05, 3.63) is 33.7 Å². The van der Waals surface area contributed by atoms with Crippen molar-refractivity contribution in [2.75, 3.05) is 18.5 Å². The minimum absolute atomic E-state index is 0.164. The van der Waals surface area contributed by atoms with Gasteiger partial charge < -0.3 is 24.8 Å². The van der Waals surface area contributed by atoms with E-state index in [0.717, 1.165) is 5.39 Å². The minimum atomic E-state index is -0.629. The van der Waals surface area contributed by atoms with E-state index >= 15 is 0 Å². The molecule has 3 heterocycles. The van der Waals surface area contributed by atoms with Gasteiger partial charge in [0.1, 0.15) is 5.82 Å². The van der Waals surface area contributed by atoms with E-state index < -0.39 is 12.2 Å². The Morgan fingerprint density at radius 2 is 2.10 bits per heavy atom. The Balaban J connectivity index is 1.84. The number of rotatable bonds is 4. The number of aryl methyl sites for hydroxylation is 1. The SMILES string of the molecule is CC(=O)c1c(C)c2cnc(N[C@@H]3CCOC[C@H]3O)cc2n([C@@H]2CCC(O)C2)c1=O. The highest BCUT2D eigenvalue weighted by atomic mass is 16.5. The monoisotopic (exact) mass is 401 g/mol. The molecule has 4 rings (SSSR count). The zero-order chi connectivity index (χ0) is 20.7. The Kier molecular flexibility index (Phi) is 5.42. The third-order valence-corrected chi connectivity index (χ3v) is 6.11. The molecule has 1 aliphatic carbocycles. The zero-order valence-electron chi connectivity index (χ0n) is 16.7. The number of hydrogen-bond donors (Lipinski definition) is 3. The number of aliphatic hydroxyl groups is 2. The van der Waals surface area contributed by atoms with Crippen molar-refractivity contribution in [2.45, 2.75) is 63.8 Å². The molecular weight excluding hydrogens is 374 g/mol. The Hall–Kier alpha value is -2.29. The predicted octanol–water partition coefficient (Wildman–Crippen LogP) is 1.56. The molecule has 0 amide bonds. The predicted molar refractivity (Wildman–Crippen MR) is 108 cm³/mol. The molecule has 0 radical (unpaired) electrons. The summed E-state index contributed by atoms with van der Waals surface area (Å²) in [6.07, 6.45) is 3.06. The molecule has 2 aromatic rings. The van der Waals surface area contributed by atoms with Gasteiger partial charge in [0.05, 0.1) is 35.9 Å². The van der Waals surface area contributed by atoms with E-state index in [1.807, 2.05) is 0 Å². The number of nitrogens with zero attached hydrogens (tertiary/aromatic N) is 2. The van der Waals surface area contributed by atoms with Crippen LogP contribution in [0.2, 0.25) is 0 Å². The maximum absolute atomic E-state index is 13.3. The largest absolute Gasteiger partial charge is 0.393 e. The van der Waals surface area contributed by atoms with Gasteiger partial charge in [-0.25, -0.2) is 4.98 Å². The number of pyridine rings is 2. The van der Waals surface area contributed by atoms with E-state index in [2.05, 4.69) is 10.3 Å². The van der Waals surface area contributed by atoms with E-state index in [0.29, 0.717) is 49.2 Å². The lowest BCUT2D eigenvalue weighted by Crippen LogP contribution is -2.42. The average molecular weight is 401 g/mol. The van der Waals surface area contributed by atoms with Crippen molar-refractivity contribution >= 4 is 22.5 Å². The first-order valence-electron chi connectivity index (χ1n) is 10.1. The van der Waals surface area contributed by atoms with Crippen LogP contribution in [0.25, 0.3) is 10.9 Å². The van der Waals surface area contributed by atoms with Gasteiger partial charge in [-0.3, -0.25) is 9.59 Å². The van der Waals surface area contributed by atoms with Gasteiger partial charge in [-0.1, -0.05) is 0 Å². The van der Waals surface area contributed by atoms with E-state index in [1.165, 1.54) is 6.92 Å². The van der Waals surface area contributed by atoms with Gasteiger partial charge >= 0.3 is 0 Å². The number of anilines is 1. The van der Waals surface area contributed by atoms with Crippen molar-refractivity contribution in [1.29, 1.82) is 0 Å². The number of carbonyl (C=O) groups excluding carboxylic acids is 1. The van der Waals surface area contributed by atoms with Crippen molar-refractivity contribution in [3.8, 4) is 0 Å². The van der Waals surface area contributed by atoms with Crippen molar-refractivity contribution in [2.24, 2.45) is 0 Å². The number of Topliss-reactive ketones (excluding diaryl/α,β-unsaturated/α-hetero) is 1. The summed E-state index contributed by atoms with van der Waals surface area (Å²) in [4.78, 5) is 29.9. The van der Waals surface area contributed by atoms with E-state index in [4.69, 9.17) is 4.74 Å². The minimum Gasteiger partial charge on any atom is -0.393 e. The van der Waals surface area contributed by atoms with Crippen molar-refractivity contribution in [1.82, 2.24) is 9.55 Å². The fourth-order valence-electron chi connectivity index (χ4n) is 4.56. The van der Waals surface area contributed by atoms with Crippen molar-refractivity contribution in [3.63, 3.8) is 0 Å². The normalized spacial score (nSPS) is 27.3. The summed E-state index contributed by atoms with van der Waals surface area (Å²) in [6, 6.07) is 1.46. The number of nitrogens with one attached hydrogen (secondary N) is 1. The Bertz CT molecular complexity index is 1000. The van der Waals surface area contributed by atoms with Crippen LogP contribution in [0.4, 0.5) is 5.82 Å². The van der Waals surface area contributed by atoms with Crippen LogP contribution in [0, 0.1) is 6.92 Å². The van der Waals surface area contributed by atoms with Crippen LogP contribution in [0.5, 0.6) is 0 Å². The molecule has 2 aliphatic rings. The molecule has 2 aromatic heterocycles. The average Bonchev–Trinajstić information content (AvgIpc) is 3.09. The second-order valence-corrected chi connectivity index (χ2v) is 8.12. The summed E-state index contributed by atoms with van der Waals surface area (Å²) < 4.78 is 6.93. The topological polar surface area (TPSA) is 114 Å². The number of hydrogen-bond acceptors (Lipinski definition) is 7. The first-order chi connectivity index (χ1) is 13.9. The third kappa shape index (κ3) is 3.68. The van der Waals surface area contributed by atoms with Gasteiger partial charge in [-0.05, 0) is 45.1 Å². The fourth-order valence-corrected chi connectivity index (χ4v) is 4.56. The number of fused-ring (bicyclic) bond motifs is 1. The quantitative estimate of drug-likeness (QED) is 0.666. The van der Waals surface area contributed by atoms with Crippen LogP contribution in [-0.2, 0) is 4.74 Å². The molecule has 1 unspecified atom stereocenters. The molecule has 1 saturated heterocycles. The highest BCUT2D eigenvalue weighted by Gasteiger charge is 2.29. The molecule has 4 atom stereocenters. The summed E-state index contributed by atoms with van der Waals surface area (Å²) >= 11 is 0. The Morgan fingerprint density at radius 1 is 1.31 bits per heavy atom. The maximum Gasteiger partial charge on any atom is 0.262 e. The smallest absolute Gasteiger partial charge is 0.262 e. The zero-order valence-corrected chi connectivity index (χ0v) is 16.7. The molecule has 1 aliphatic heterocycles. The van der Waals surface area contributed by atoms with Gasteiger partial charge in [0.25, 0.3) is 5.56 Å². The lowest BCUT2D eigenvalue weighted by molar-refractivity contribution is -0.0135. The molecule has 8 nitrogen and oxygen atoms in total. The summed E-state index contributed by atoms with van der Waals surface area (Å²) in [5, 5.41) is 24.2. The molecule has 3 N–H and O–H groups in total. The first-order valence-corrected chi connectivity index (χ1v) is 10.1. The lowest BCUT2D eigenvalue weighted by Gasteiger charge is -2.29. The van der Waals surface area contributed by atoms with Gasteiger partial charge in [0.2, 0.25) is 0 Å². The Labute approximate surface area is 168 Å². The van der Waals surface area contributed by atoms with Gasteiger partial charge in [0, 0.05) is 30.3 Å². The number of aromatic nitrogens is 2. The number of aliphatic hydroxyl groups excluding tert-OH is 2. The first kappa shape index (κ1) is 20.0. The van der Waals surface area contributed by atoms with E-state index in [-0.39, 0.29) is 35.6 Å². The molecule has 2 fully saturated rings. The molecule has 8 heteroatoms. The second kappa shape index (κ2) is 7.85. The van der Waals surface area contributed by atoms with Crippen molar-refractivity contribution < 1.29 is 19.7 Å². The molecule has 0 aromatic carbocycles. The molecule has 1 saturated carbocycles. The highest BCUT2D eigenvalue weighted by Crippen LogP contribution is 2.33. The summed E-state index contributed by atoms with van der Waals surface area (Å²) in [5.41, 5.74) is 1.18. The number of carbonyl (C=O) groups is 1. The fraction of sp³-hybridized carbons (Fsp3) is 0.571.